The van der Waals surface area contributed by atoms with Gasteiger partial charge < -0.3 is 15.0 Å². The summed E-state index contributed by atoms with van der Waals surface area (Å²) >= 11 is 0. The van der Waals surface area contributed by atoms with Crippen LogP contribution in [0.2, 0.25) is 0 Å². The molecule has 0 radical (unpaired) electrons. The molecule has 1 amide bonds. The van der Waals surface area contributed by atoms with Gasteiger partial charge in [-0.3, -0.25) is 4.79 Å². The average molecular weight is 367 g/mol. The number of aryl methyl sites for hydroxylation is 1. The van der Waals surface area contributed by atoms with Crippen molar-refractivity contribution in [3.05, 3.63) is 65.2 Å². The van der Waals surface area contributed by atoms with Crippen LogP contribution in [-0.2, 0) is 6.42 Å². The zero-order valence-corrected chi connectivity index (χ0v) is 16.6. The largest absolute Gasteiger partial charge is 0.497 e. The Morgan fingerprint density at radius 1 is 1.19 bits per heavy atom. The van der Waals surface area contributed by atoms with Crippen molar-refractivity contribution < 1.29 is 9.53 Å². The van der Waals surface area contributed by atoms with E-state index in [2.05, 4.69) is 24.4 Å². The van der Waals surface area contributed by atoms with Gasteiger partial charge in [-0.2, -0.15) is 0 Å². The number of amides is 1. The highest BCUT2D eigenvalue weighted by Gasteiger charge is 2.24. The van der Waals surface area contributed by atoms with Crippen molar-refractivity contribution in [3.63, 3.8) is 0 Å². The maximum atomic E-state index is 12.6. The molecular formula is C23H30N2O2. The second-order valence-electron chi connectivity index (χ2n) is 7.56. The van der Waals surface area contributed by atoms with E-state index in [-0.39, 0.29) is 5.91 Å². The first-order valence-corrected chi connectivity index (χ1v) is 9.80. The number of benzene rings is 2. The molecular weight excluding hydrogens is 336 g/mol. The number of ether oxygens (including phenoxy) is 1. The van der Waals surface area contributed by atoms with E-state index in [0.29, 0.717) is 12.1 Å². The number of hydrogen-bond donors (Lipinski definition) is 1. The van der Waals surface area contributed by atoms with Gasteiger partial charge in [0.1, 0.15) is 5.75 Å². The maximum absolute atomic E-state index is 12.6. The lowest BCUT2D eigenvalue weighted by molar-refractivity contribution is 0.0702. The van der Waals surface area contributed by atoms with Crippen LogP contribution in [-0.4, -0.2) is 43.1 Å². The van der Waals surface area contributed by atoms with Crippen LogP contribution in [0.15, 0.2) is 48.5 Å². The van der Waals surface area contributed by atoms with E-state index in [1.54, 1.807) is 7.11 Å². The summed E-state index contributed by atoms with van der Waals surface area (Å²) in [7, 11) is 1.70. The number of carbonyl (C=O) groups is 1. The summed E-state index contributed by atoms with van der Waals surface area (Å²) in [4.78, 5) is 14.6. The van der Waals surface area contributed by atoms with Gasteiger partial charge in [0.15, 0.2) is 0 Å². The van der Waals surface area contributed by atoms with Gasteiger partial charge in [-0.15, -0.1) is 0 Å². The SMILES string of the molecule is COc1cccc(C[C@H](C)NC2CCN(C(=O)c3ccc(C)cc3)CC2)c1. The van der Waals surface area contributed by atoms with Crippen molar-refractivity contribution in [3.8, 4) is 5.75 Å². The fraction of sp³-hybridized carbons (Fsp3) is 0.435. The summed E-state index contributed by atoms with van der Waals surface area (Å²) in [6, 6.07) is 17.0. The zero-order chi connectivity index (χ0) is 19.2. The standard InChI is InChI=1S/C23H30N2O2/c1-17-7-9-20(10-8-17)23(26)25-13-11-21(12-14-25)24-18(2)15-19-5-4-6-22(16-19)27-3/h4-10,16,18,21,24H,11-15H2,1-3H3/t18-/m0/s1. The molecule has 0 bridgehead atoms. The molecule has 0 spiro atoms. The predicted molar refractivity (Wildman–Crippen MR) is 109 cm³/mol. The highest BCUT2D eigenvalue weighted by atomic mass is 16.5. The molecule has 144 valence electrons. The predicted octanol–water partition coefficient (Wildman–Crippen LogP) is 3.83. The van der Waals surface area contributed by atoms with E-state index >= 15 is 0 Å². The number of methoxy groups -OCH3 is 1. The molecule has 3 rings (SSSR count). The van der Waals surface area contributed by atoms with Gasteiger partial charge in [0.2, 0.25) is 0 Å². The highest BCUT2D eigenvalue weighted by Crippen LogP contribution is 2.17. The lowest BCUT2D eigenvalue weighted by Crippen LogP contribution is -2.47. The Balaban J connectivity index is 1.47. The van der Waals surface area contributed by atoms with Crippen LogP contribution < -0.4 is 10.1 Å². The molecule has 1 heterocycles. The van der Waals surface area contributed by atoms with Gasteiger partial charge in [-0.05, 0) is 62.9 Å². The number of carbonyl (C=O) groups excluding carboxylic acids is 1. The topological polar surface area (TPSA) is 41.6 Å². The Kier molecular flexibility index (Phi) is 6.51. The van der Waals surface area contributed by atoms with Crippen LogP contribution in [0.3, 0.4) is 0 Å². The molecule has 0 saturated carbocycles. The van der Waals surface area contributed by atoms with Gasteiger partial charge in [0.25, 0.3) is 5.91 Å². The maximum Gasteiger partial charge on any atom is 0.253 e. The van der Waals surface area contributed by atoms with E-state index in [1.165, 1.54) is 11.1 Å². The fourth-order valence-corrected chi connectivity index (χ4v) is 3.74. The second-order valence-corrected chi connectivity index (χ2v) is 7.56. The highest BCUT2D eigenvalue weighted by molar-refractivity contribution is 5.94. The summed E-state index contributed by atoms with van der Waals surface area (Å²) in [5.74, 6) is 1.06. The van der Waals surface area contributed by atoms with Gasteiger partial charge >= 0.3 is 0 Å². The minimum Gasteiger partial charge on any atom is -0.497 e. The molecule has 4 nitrogen and oxygen atoms in total. The molecule has 0 aromatic heterocycles. The normalized spacial score (nSPS) is 16.2. The van der Waals surface area contributed by atoms with Crippen molar-refractivity contribution in [1.29, 1.82) is 0 Å². The molecule has 2 aromatic rings. The van der Waals surface area contributed by atoms with Gasteiger partial charge in [0, 0.05) is 30.7 Å². The summed E-state index contributed by atoms with van der Waals surface area (Å²) in [6.07, 6.45) is 2.97. The molecule has 1 aliphatic rings. The second kappa shape index (κ2) is 9.05. The minimum atomic E-state index is 0.151. The number of nitrogens with one attached hydrogen (secondary N) is 1. The van der Waals surface area contributed by atoms with E-state index in [4.69, 9.17) is 4.74 Å². The Morgan fingerprint density at radius 2 is 1.89 bits per heavy atom. The van der Waals surface area contributed by atoms with Gasteiger partial charge in [-0.25, -0.2) is 0 Å². The van der Waals surface area contributed by atoms with Crippen LogP contribution in [0.4, 0.5) is 0 Å². The Morgan fingerprint density at radius 3 is 2.56 bits per heavy atom. The third-order valence-corrected chi connectivity index (χ3v) is 5.28. The van der Waals surface area contributed by atoms with Crippen molar-refractivity contribution >= 4 is 5.91 Å². The van der Waals surface area contributed by atoms with Crippen molar-refractivity contribution in [2.45, 2.75) is 45.2 Å². The molecule has 0 aliphatic carbocycles. The number of nitrogens with zero attached hydrogens (tertiary/aromatic N) is 1. The van der Waals surface area contributed by atoms with Gasteiger partial charge in [-0.1, -0.05) is 29.8 Å². The summed E-state index contributed by atoms with van der Waals surface area (Å²) in [5, 5.41) is 3.73. The molecule has 0 unspecified atom stereocenters. The molecule has 1 saturated heterocycles. The van der Waals surface area contributed by atoms with E-state index in [1.807, 2.05) is 48.2 Å². The fourth-order valence-electron chi connectivity index (χ4n) is 3.74. The smallest absolute Gasteiger partial charge is 0.253 e. The van der Waals surface area contributed by atoms with Crippen LogP contribution in [0.1, 0.15) is 41.3 Å². The lowest BCUT2D eigenvalue weighted by atomic mass is 10.0. The Hall–Kier alpha value is -2.33. The summed E-state index contributed by atoms with van der Waals surface area (Å²) in [5.41, 5.74) is 3.25. The molecule has 1 N–H and O–H groups in total. The number of piperidine rings is 1. The molecule has 2 aromatic carbocycles. The van der Waals surface area contributed by atoms with E-state index in [0.717, 1.165) is 43.7 Å². The number of likely N-dealkylation sites (tertiary alicyclic amines) is 1. The van der Waals surface area contributed by atoms with E-state index in [9.17, 15) is 4.79 Å². The Labute approximate surface area is 162 Å². The zero-order valence-electron chi connectivity index (χ0n) is 16.6. The molecule has 1 atom stereocenters. The first kappa shape index (κ1) is 19.4. The number of rotatable bonds is 6. The summed E-state index contributed by atoms with van der Waals surface area (Å²) in [6.45, 7) is 5.90. The summed E-state index contributed by atoms with van der Waals surface area (Å²) < 4.78 is 5.31. The minimum absolute atomic E-state index is 0.151. The third-order valence-electron chi connectivity index (χ3n) is 5.28. The third kappa shape index (κ3) is 5.33. The van der Waals surface area contributed by atoms with Crippen LogP contribution >= 0.6 is 0 Å². The first-order chi connectivity index (χ1) is 13.0. The average Bonchev–Trinajstić information content (AvgIpc) is 2.68. The molecule has 1 aliphatic heterocycles. The van der Waals surface area contributed by atoms with Crippen LogP contribution in [0.5, 0.6) is 5.75 Å². The van der Waals surface area contributed by atoms with Crippen molar-refractivity contribution in [2.75, 3.05) is 20.2 Å². The monoisotopic (exact) mass is 366 g/mol. The lowest BCUT2D eigenvalue weighted by Gasteiger charge is -2.34. The quantitative estimate of drug-likeness (QED) is 0.845. The van der Waals surface area contributed by atoms with Crippen molar-refractivity contribution in [1.82, 2.24) is 10.2 Å². The van der Waals surface area contributed by atoms with Gasteiger partial charge in [0.05, 0.1) is 7.11 Å². The first-order valence-electron chi connectivity index (χ1n) is 9.80. The van der Waals surface area contributed by atoms with Crippen LogP contribution in [0.25, 0.3) is 0 Å². The van der Waals surface area contributed by atoms with E-state index < -0.39 is 0 Å². The van der Waals surface area contributed by atoms with Crippen molar-refractivity contribution in [2.24, 2.45) is 0 Å². The number of hydrogen-bond acceptors (Lipinski definition) is 3. The molecule has 27 heavy (non-hydrogen) atoms. The van der Waals surface area contributed by atoms with Crippen LogP contribution in [0, 0.1) is 6.92 Å². The Bertz CT molecular complexity index is 749. The molecule has 1 fully saturated rings. The molecule has 4 heteroatoms.